The highest BCUT2D eigenvalue weighted by molar-refractivity contribution is 5.88. The number of rotatable bonds is 4. The lowest BCUT2D eigenvalue weighted by Gasteiger charge is -2.09. The van der Waals surface area contributed by atoms with E-state index in [4.69, 9.17) is 0 Å². The number of pyridine rings is 1. The van der Waals surface area contributed by atoms with Gasteiger partial charge in [0.05, 0.1) is 21.5 Å². The monoisotopic (exact) mass is 412 g/mol. The first-order chi connectivity index (χ1) is 14.9. The van der Waals surface area contributed by atoms with E-state index in [2.05, 4.69) is 4.98 Å². The van der Waals surface area contributed by atoms with Crippen molar-refractivity contribution in [2.24, 2.45) is 0 Å². The van der Waals surface area contributed by atoms with E-state index in [1.807, 2.05) is 36.4 Å². The molecule has 4 aromatic rings. The molecule has 1 N–H and O–H groups in total. The van der Waals surface area contributed by atoms with Crippen LogP contribution in [0.25, 0.3) is 33.2 Å². The predicted octanol–water partition coefficient (Wildman–Crippen LogP) is 4.55. The number of nitro groups is 2. The first-order valence-electron chi connectivity index (χ1n) is 8.99. The third kappa shape index (κ3) is 3.49. The van der Waals surface area contributed by atoms with Crippen molar-refractivity contribution in [1.29, 1.82) is 5.26 Å². The number of aromatic nitrogens is 1. The molecule has 1 aromatic heterocycles. The molecule has 0 radical (unpaired) electrons. The van der Waals surface area contributed by atoms with Gasteiger partial charge in [-0.15, -0.1) is 0 Å². The molecule has 9 heteroatoms. The normalized spacial score (nSPS) is 10.5. The van der Waals surface area contributed by atoms with Crippen LogP contribution < -0.4 is 5.56 Å². The van der Waals surface area contributed by atoms with Crippen LogP contribution in [0.15, 0.2) is 71.5 Å². The summed E-state index contributed by atoms with van der Waals surface area (Å²) in [5.41, 5.74) is -1.09. The summed E-state index contributed by atoms with van der Waals surface area (Å²) in [6, 6.07) is 19.5. The highest BCUT2D eigenvalue weighted by Gasteiger charge is 2.24. The number of hydrogen-bond donors (Lipinski definition) is 1. The van der Waals surface area contributed by atoms with Crippen molar-refractivity contribution in [3.05, 3.63) is 103 Å². The fourth-order valence-electron chi connectivity index (χ4n) is 3.41. The number of nitro benzene ring substituents is 2. The maximum Gasteiger partial charge on any atom is 0.284 e. The zero-order valence-electron chi connectivity index (χ0n) is 15.7. The Morgan fingerprint density at radius 3 is 2.26 bits per heavy atom. The Morgan fingerprint density at radius 2 is 1.58 bits per heavy atom. The lowest BCUT2D eigenvalue weighted by molar-refractivity contribution is -0.393. The van der Waals surface area contributed by atoms with Crippen molar-refractivity contribution < 1.29 is 9.85 Å². The van der Waals surface area contributed by atoms with Gasteiger partial charge in [-0.2, -0.15) is 5.26 Å². The number of hydrogen-bond acceptors (Lipinski definition) is 6. The van der Waals surface area contributed by atoms with Gasteiger partial charge in [-0.25, -0.2) is 0 Å². The minimum Gasteiger partial charge on any atom is -0.321 e. The van der Waals surface area contributed by atoms with Gasteiger partial charge in [-0.3, -0.25) is 25.0 Å². The van der Waals surface area contributed by atoms with Crippen LogP contribution >= 0.6 is 0 Å². The molecule has 0 saturated heterocycles. The van der Waals surface area contributed by atoms with Crippen molar-refractivity contribution in [2.75, 3.05) is 0 Å². The van der Waals surface area contributed by atoms with E-state index in [1.165, 1.54) is 12.1 Å². The average Bonchev–Trinajstić information content (AvgIpc) is 2.77. The van der Waals surface area contributed by atoms with E-state index in [9.17, 15) is 30.3 Å². The van der Waals surface area contributed by atoms with Gasteiger partial charge in [-0.05, 0) is 34.5 Å². The molecule has 0 aliphatic carbocycles. The minimum atomic E-state index is -0.777. The Balaban J connectivity index is 1.98. The van der Waals surface area contributed by atoms with E-state index < -0.39 is 26.8 Å². The molecule has 9 nitrogen and oxygen atoms in total. The summed E-state index contributed by atoms with van der Waals surface area (Å²) in [5.74, 6) is 0. The van der Waals surface area contributed by atoms with Gasteiger partial charge < -0.3 is 4.98 Å². The van der Waals surface area contributed by atoms with E-state index >= 15 is 0 Å². The van der Waals surface area contributed by atoms with Crippen LogP contribution in [0.2, 0.25) is 0 Å². The molecule has 0 aliphatic rings. The molecular formula is C22H12N4O5. The van der Waals surface area contributed by atoms with Gasteiger partial charge in [-0.1, -0.05) is 36.4 Å². The van der Waals surface area contributed by atoms with Crippen molar-refractivity contribution in [2.45, 2.75) is 0 Å². The lowest BCUT2D eigenvalue weighted by Crippen LogP contribution is -2.13. The molecule has 0 amide bonds. The summed E-state index contributed by atoms with van der Waals surface area (Å²) in [6.45, 7) is 0. The van der Waals surface area contributed by atoms with E-state index in [1.54, 1.807) is 12.1 Å². The first kappa shape index (κ1) is 19.5. The SMILES string of the molecule is N#Cc1c(-c2ccc([N+](=O)[O-])cc2[N+](=O)[O-])cc(-c2ccc3ccccc3c2)[nH]c1=O. The van der Waals surface area contributed by atoms with E-state index in [0.717, 1.165) is 22.9 Å². The standard InChI is InChI=1S/C22H12N4O5/c23-12-19-18(17-8-7-16(25(28)29)10-21(17)26(30)31)11-20(24-22(19)27)15-6-5-13-3-1-2-4-14(13)9-15/h1-11H,(H,24,27). The van der Waals surface area contributed by atoms with Gasteiger partial charge >= 0.3 is 0 Å². The number of H-pyrrole nitrogens is 1. The minimum absolute atomic E-state index is 0.0241. The van der Waals surface area contributed by atoms with Crippen molar-refractivity contribution in [3.63, 3.8) is 0 Å². The molecule has 4 rings (SSSR count). The number of aromatic amines is 1. The molecule has 0 atom stereocenters. The molecule has 0 spiro atoms. The van der Waals surface area contributed by atoms with Crippen LogP contribution in [0.5, 0.6) is 0 Å². The summed E-state index contributed by atoms with van der Waals surface area (Å²) in [5, 5.41) is 34.0. The third-order valence-corrected chi connectivity index (χ3v) is 4.88. The molecule has 150 valence electrons. The fourth-order valence-corrected chi connectivity index (χ4v) is 3.41. The second-order valence-corrected chi connectivity index (χ2v) is 6.69. The molecule has 0 saturated carbocycles. The zero-order chi connectivity index (χ0) is 22.1. The number of nitrogens with one attached hydrogen (secondary N) is 1. The molecule has 0 fully saturated rings. The number of nitrogens with zero attached hydrogens (tertiary/aromatic N) is 3. The van der Waals surface area contributed by atoms with Crippen molar-refractivity contribution in [3.8, 4) is 28.5 Å². The second-order valence-electron chi connectivity index (χ2n) is 6.69. The van der Waals surface area contributed by atoms with Gasteiger partial charge in [0.2, 0.25) is 0 Å². The topological polar surface area (TPSA) is 143 Å². The quantitative estimate of drug-likeness (QED) is 0.385. The van der Waals surface area contributed by atoms with E-state index in [-0.39, 0.29) is 16.7 Å². The number of nitriles is 1. The zero-order valence-corrected chi connectivity index (χ0v) is 15.7. The Hall–Kier alpha value is -4.84. The highest BCUT2D eigenvalue weighted by Crippen LogP contribution is 2.35. The summed E-state index contributed by atoms with van der Waals surface area (Å²) in [6.07, 6.45) is 0. The van der Waals surface area contributed by atoms with Crippen LogP contribution in [0.4, 0.5) is 11.4 Å². The fraction of sp³-hybridized carbons (Fsp3) is 0. The Labute approximate surface area is 174 Å². The number of non-ortho nitro benzene ring substituents is 1. The van der Waals surface area contributed by atoms with Crippen LogP contribution in [0.1, 0.15) is 5.56 Å². The van der Waals surface area contributed by atoms with Crippen molar-refractivity contribution >= 4 is 22.1 Å². The molecule has 0 unspecified atom stereocenters. The summed E-state index contributed by atoms with van der Waals surface area (Å²) in [7, 11) is 0. The molecule has 3 aromatic carbocycles. The molecule has 0 bridgehead atoms. The van der Waals surface area contributed by atoms with Gasteiger partial charge in [0.15, 0.2) is 0 Å². The molecule has 0 aliphatic heterocycles. The summed E-state index contributed by atoms with van der Waals surface area (Å²) < 4.78 is 0. The van der Waals surface area contributed by atoms with Crippen LogP contribution in [0, 0.1) is 31.6 Å². The number of fused-ring (bicyclic) bond motifs is 1. The van der Waals surface area contributed by atoms with Crippen molar-refractivity contribution in [1.82, 2.24) is 4.98 Å². The van der Waals surface area contributed by atoms with Crippen LogP contribution in [-0.4, -0.2) is 14.8 Å². The maximum atomic E-state index is 12.6. The Kier molecular flexibility index (Phi) is 4.73. The lowest BCUT2D eigenvalue weighted by atomic mass is 9.96. The first-order valence-corrected chi connectivity index (χ1v) is 8.99. The Bertz CT molecular complexity index is 1480. The maximum absolute atomic E-state index is 12.6. The largest absolute Gasteiger partial charge is 0.321 e. The number of benzene rings is 3. The van der Waals surface area contributed by atoms with Crippen LogP contribution in [-0.2, 0) is 0 Å². The van der Waals surface area contributed by atoms with Gasteiger partial charge in [0.25, 0.3) is 16.9 Å². The second kappa shape index (κ2) is 7.53. The molecular weight excluding hydrogens is 400 g/mol. The predicted molar refractivity (Wildman–Crippen MR) is 113 cm³/mol. The summed E-state index contributed by atoms with van der Waals surface area (Å²) >= 11 is 0. The van der Waals surface area contributed by atoms with Gasteiger partial charge in [0, 0.05) is 17.3 Å². The van der Waals surface area contributed by atoms with Gasteiger partial charge in [0.1, 0.15) is 11.6 Å². The molecule has 1 heterocycles. The molecule has 31 heavy (non-hydrogen) atoms. The Morgan fingerprint density at radius 1 is 0.839 bits per heavy atom. The average molecular weight is 412 g/mol. The summed E-state index contributed by atoms with van der Waals surface area (Å²) in [4.78, 5) is 36.3. The highest BCUT2D eigenvalue weighted by atomic mass is 16.6. The van der Waals surface area contributed by atoms with E-state index in [0.29, 0.717) is 11.3 Å². The van der Waals surface area contributed by atoms with Crippen LogP contribution in [0.3, 0.4) is 0 Å². The smallest absolute Gasteiger partial charge is 0.284 e. The third-order valence-electron chi connectivity index (χ3n) is 4.88.